The molecule has 0 atom stereocenters. The Morgan fingerprint density at radius 2 is 1.93 bits per heavy atom. The molecule has 4 rings (SSSR count). The molecule has 152 valence electrons. The second-order valence-electron chi connectivity index (χ2n) is 7.41. The maximum Gasteiger partial charge on any atom is 0.260 e. The summed E-state index contributed by atoms with van der Waals surface area (Å²) in [6, 6.07) is 17.2. The molecule has 0 aliphatic carbocycles. The number of rotatable bonds is 6. The lowest BCUT2D eigenvalue weighted by molar-refractivity contribution is 0.0985. The fourth-order valence-electron chi connectivity index (χ4n) is 3.14. The Morgan fingerprint density at radius 1 is 1.13 bits per heavy atom. The standard InChI is InChI=1S/C24H23N3O2S/c1-16(2)29-20-9-7-19(8-10-20)23(28)27(15-18-5-4-12-25-14-18)24-26-21-11-6-17(3)13-22(21)30-24/h4-14,16H,15H2,1-3H3. The van der Waals surface area contributed by atoms with Gasteiger partial charge in [0, 0.05) is 18.0 Å². The number of hydrogen-bond donors (Lipinski definition) is 0. The number of carbonyl (C=O) groups excluding carboxylic acids is 1. The van der Waals surface area contributed by atoms with Gasteiger partial charge in [-0.2, -0.15) is 0 Å². The molecule has 0 saturated heterocycles. The van der Waals surface area contributed by atoms with Crippen molar-refractivity contribution in [2.75, 3.05) is 4.90 Å². The van der Waals surface area contributed by atoms with Crippen LogP contribution >= 0.6 is 11.3 Å². The van der Waals surface area contributed by atoms with Crippen molar-refractivity contribution >= 4 is 32.6 Å². The Hall–Kier alpha value is -3.25. The van der Waals surface area contributed by atoms with E-state index in [0.29, 0.717) is 17.2 Å². The average Bonchev–Trinajstić information content (AvgIpc) is 3.15. The Morgan fingerprint density at radius 3 is 2.63 bits per heavy atom. The molecule has 2 aromatic heterocycles. The zero-order valence-corrected chi connectivity index (χ0v) is 18.0. The molecule has 0 radical (unpaired) electrons. The van der Waals surface area contributed by atoms with Crippen LogP contribution in [0.3, 0.4) is 0 Å². The molecule has 0 bridgehead atoms. The third kappa shape index (κ3) is 4.49. The zero-order valence-electron chi connectivity index (χ0n) is 17.2. The van der Waals surface area contributed by atoms with Crippen LogP contribution in [0.4, 0.5) is 5.13 Å². The van der Waals surface area contributed by atoms with Crippen LogP contribution in [0.15, 0.2) is 67.0 Å². The van der Waals surface area contributed by atoms with E-state index in [-0.39, 0.29) is 12.0 Å². The van der Waals surface area contributed by atoms with Crippen molar-refractivity contribution in [3.8, 4) is 5.75 Å². The number of aromatic nitrogens is 2. The number of fused-ring (bicyclic) bond motifs is 1. The molecule has 1 amide bonds. The normalized spacial score (nSPS) is 11.1. The lowest BCUT2D eigenvalue weighted by Gasteiger charge is -2.20. The van der Waals surface area contributed by atoms with E-state index in [1.54, 1.807) is 29.4 Å². The summed E-state index contributed by atoms with van der Waals surface area (Å²) in [7, 11) is 0. The molecule has 2 aromatic carbocycles. The van der Waals surface area contributed by atoms with Crippen LogP contribution in [-0.4, -0.2) is 22.0 Å². The summed E-state index contributed by atoms with van der Waals surface area (Å²) in [4.78, 5) is 24.1. The summed E-state index contributed by atoms with van der Waals surface area (Å²) in [5.74, 6) is 0.640. The Labute approximate surface area is 180 Å². The second-order valence-corrected chi connectivity index (χ2v) is 8.42. The van der Waals surface area contributed by atoms with Crippen LogP contribution in [0.2, 0.25) is 0 Å². The second kappa shape index (κ2) is 8.63. The minimum absolute atomic E-state index is 0.0832. The third-order valence-corrected chi connectivity index (χ3v) is 5.59. The van der Waals surface area contributed by atoms with Gasteiger partial charge in [0.2, 0.25) is 0 Å². The Balaban J connectivity index is 1.69. The third-order valence-electron chi connectivity index (χ3n) is 4.55. The maximum absolute atomic E-state index is 13.5. The number of anilines is 1. The molecular weight excluding hydrogens is 394 g/mol. The van der Waals surface area contributed by atoms with Crippen molar-refractivity contribution < 1.29 is 9.53 Å². The van der Waals surface area contributed by atoms with E-state index in [4.69, 9.17) is 9.72 Å². The van der Waals surface area contributed by atoms with Crippen LogP contribution in [0.1, 0.15) is 35.3 Å². The molecule has 0 aliphatic heterocycles. The van der Waals surface area contributed by atoms with Gasteiger partial charge < -0.3 is 4.74 Å². The first-order valence-corrected chi connectivity index (χ1v) is 10.7. The highest BCUT2D eigenvalue weighted by molar-refractivity contribution is 7.22. The first kappa shape index (κ1) is 20.0. The largest absolute Gasteiger partial charge is 0.491 e. The average molecular weight is 418 g/mol. The fraction of sp³-hybridized carbons (Fsp3) is 0.208. The van der Waals surface area contributed by atoms with Crippen molar-refractivity contribution in [3.63, 3.8) is 0 Å². The molecule has 4 aromatic rings. The quantitative estimate of drug-likeness (QED) is 0.408. The molecule has 30 heavy (non-hydrogen) atoms. The lowest BCUT2D eigenvalue weighted by Crippen LogP contribution is -2.30. The lowest BCUT2D eigenvalue weighted by atomic mass is 10.1. The molecule has 0 aliphatic rings. The molecule has 5 nitrogen and oxygen atoms in total. The predicted molar refractivity (Wildman–Crippen MR) is 121 cm³/mol. The number of carbonyl (C=O) groups is 1. The summed E-state index contributed by atoms with van der Waals surface area (Å²) in [5.41, 5.74) is 3.60. The van der Waals surface area contributed by atoms with Gasteiger partial charge in [0.1, 0.15) is 5.75 Å². The smallest absolute Gasteiger partial charge is 0.260 e. The number of aryl methyl sites for hydroxylation is 1. The molecular formula is C24H23N3O2S. The summed E-state index contributed by atoms with van der Waals surface area (Å²) in [5, 5.41) is 0.673. The van der Waals surface area contributed by atoms with Crippen LogP contribution in [-0.2, 0) is 6.54 Å². The van der Waals surface area contributed by atoms with Crippen molar-refractivity contribution in [1.82, 2.24) is 9.97 Å². The van der Waals surface area contributed by atoms with Gasteiger partial charge >= 0.3 is 0 Å². The predicted octanol–water partition coefficient (Wildman–Crippen LogP) is 5.63. The highest BCUT2D eigenvalue weighted by atomic mass is 32.1. The van der Waals surface area contributed by atoms with E-state index in [0.717, 1.165) is 21.5 Å². The molecule has 0 spiro atoms. The topological polar surface area (TPSA) is 55.3 Å². The van der Waals surface area contributed by atoms with Crippen LogP contribution in [0.25, 0.3) is 10.2 Å². The number of pyridine rings is 1. The number of nitrogens with zero attached hydrogens (tertiary/aromatic N) is 3. The number of amides is 1. The number of thiazole rings is 1. The molecule has 0 unspecified atom stereocenters. The van der Waals surface area contributed by atoms with E-state index < -0.39 is 0 Å². The summed E-state index contributed by atoms with van der Waals surface area (Å²) < 4.78 is 6.76. The summed E-state index contributed by atoms with van der Waals surface area (Å²) in [6.45, 7) is 6.40. The van der Waals surface area contributed by atoms with Gasteiger partial charge in [0.15, 0.2) is 5.13 Å². The van der Waals surface area contributed by atoms with Gasteiger partial charge in [0.25, 0.3) is 5.91 Å². The van der Waals surface area contributed by atoms with E-state index in [1.807, 2.05) is 50.2 Å². The Bertz CT molecular complexity index is 1150. The van der Waals surface area contributed by atoms with Gasteiger partial charge in [-0.3, -0.25) is 14.7 Å². The molecule has 0 saturated carbocycles. The van der Waals surface area contributed by atoms with Crippen LogP contribution in [0.5, 0.6) is 5.75 Å². The van der Waals surface area contributed by atoms with E-state index in [2.05, 4.69) is 18.0 Å². The van der Waals surface area contributed by atoms with E-state index in [9.17, 15) is 4.79 Å². The minimum Gasteiger partial charge on any atom is -0.491 e. The summed E-state index contributed by atoms with van der Waals surface area (Å²) >= 11 is 1.52. The van der Waals surface area contributed by atoms with Crippen LogP contribution in [0, 0.1) is 6.92 Å². The minimum atomic E-state index is -0.106. The SMILES string of the molecule is Cc1ccc2nc(N(Cc3cccnc3)C(=O)c3ccc(OC(C)C)cc3)sc2c1. The monoisotopic (exact) mass is 417 g/mol. The van der Waals surface area contributed by atoms with Gasteiger partial charge in [-0.25, -0.2) is 4.98 Å². The van der Waals surface area contributed by atoms with Gasteiger partial charge in [0.05, 0.1) is 22.9 Å². The van der Waals surface area contributed by atoms with Crippen molar-refractivity contribution in [2.45, 2.75) is 33.4 Å². The fourth-order valence-corrected chi connectivity index (χ4v) is 4.20. The number of hydrogen-bond acceptors (Lipinski definition) is 5. The number of ether oxygens (including phenoxy) is 1. The zero-order chi connectivity index (χ0) is 21.1. The van der Waals surface area contributed by atoms with E-state index in [1.165, 1.54) is 16.9 Å². The van der Waals surface area contributed by atoms with Gasteiger partial charge in [-0.1, -0.05) is 23.5 Å². The molecule has 0 N–H and O–H groups in total. The van der Waals surface area contributed by atoms with Crippen molar-refractivity contribution in [1.29, 1.82) is 0 Å². The van der Waals surface area contributed by atoms with Crippen molar-refractivity contribution in [2.24, 2.45) is 0 Å². The first-order chi connectivity index (χ1) is 14.5. The molecule has 0 fully saturated rings. The number of benzene rings is 2. The highest BCUT2D eigenvalue weighted by Crippen LogP contribution is 2.31. The first-order valence-electron chi connectivity index (χ1n) is 9.84. The molecule has 2 heterocycles. The van der Waals surface area contributed by atoms with Gasteiger partial charge in [-0.15, -0.1) is 0 Å². The van der Waals surface area contributed by atoms with Gasteiger partial charge in [-0.05, 0) is 74.4 Å². The maximum atomic E-state index is 13.5. The highest BCUT2D eigenvalue weighted by Gasteiger charge is 2.22. The Kier molecular flexibility index (Phi) is 5.77. The molecule has 6 heteroatoms. The van der Waals surface area contributed by atoms with E-state index >= 15 is 0 Å². The van der Waals surface area contributed by atoms with Crippen molar-refractivity contribution in [3.05, 3.63) is 83.7 Å². The van der Waals surface area contributed by atoms with Crippen LogP contribution < -0.4 is 9.64 Å². The summed E-state index contributed by atoms with van der Waals surface area (Å²) in [6.07, 6.45) is 3.58.